The van der Waals surface area contributed by atoms with E-state index in [1.54, 1.807) is 0 Å². The summed E-state index contributed by atoms with van der Waals surface area (Å²) >= 11 is 3.35. The predicted molar refractivity (Wildman–Crippen MR) is 72.6 cm³/mol. The second-order valence-electron chi connectivity index (χ2n) is 3.84. The van der Waals surface area contributed by atoms with Crippen LogP contribution in [0.4, 0.5) is 10.2 Å². The maximum Gasteiger partial charge on any atom is 0.339 e. The van der Waals surface area contributed by atoms with Crippen LogP contribution >= 0.6 is 15.9 Å². The molecule has 0 saturated heterocycles. The number of aromatic carboxylic acids is 1. The second-order valence-corrected chi connectivity index (χ2v) is 4.75. The summed E-state index contributed by atoms with van der Waals surface area (Å²) in [6.45, 7) is 0.401. The number of nitrogens with zero attached hydrogens (tertiary/aromatic N) is 1. The van der Waals surface area contributed by atoms with Gasteiger partial charge in [-0.1, -0.05) is 28.1 Å². The number of rotatable bonds is 4. The lowest BCUT2D eigenvalue weighted by molar-refractivity contribution is 0.0697. The molecular formula is C13H10BrFN2O2. The molecule has 0 atom stereocenters. The number of carbonyl (C=O) groups is 1. The number of hydrogen-bond acceptors (Lipinski definition) is 3. The van der Waals surface area contributed by atoms with Gasteiger partial charge in [-0.3, -0.25) is 0 Å². The van der Waals surface area contributed by atoms with Crippen molar-refractivity contribution < 1.29 is 14.3 Å². The minimum Gasteiger partial charge on any atom is -0.478 e. The third-order valence-corrected chi connectivity index (χ3v) is 2.93. The van der Waals surface area contributed by atoms with Gasteiger partial charge in [0.25, 0.3) is 0 Å². The van der Waals surface area contributed by atoms with Gasteiger partial charge in [0, 0.05) is 11.0 Å². The van der Waals surface area contributed by atoms with E-state index in [0.29, 0.717) is 6.54 Å². The van der Waals surface area contributed by atoms with Gasteiger partial charge in [0.15, 0.2) is 0 Å². The number of halogens is 2. The Kier molecular flexibility index (Phi) is 4.11. The molecule has 4 nitrogen and oxygen atoms in total. The molecule has 2 aromatic rings. The van der Waals surface area contributed by atoms with Crippen LogP contribution in [0.2, 0.25) is 0 Å². The summed E-state index contributed by atoms with van der Waals surface area (Å²) in [5.74, 6) is -1.75. The van der Waals surface area contributed by atoms with E-state index >= 15 is 0 Å². The van der Waals surface area contributed by atoms with E-state index in [2.05, 4.69) is 26.2 Å². The Balaban J connectivity index is 2.17. The van der Waals surface area contributed by atoms with Crippen LogP contribution in [-0.4, -0.2) is 16.1 Å². The average molecular weight is 325 g/mol. The van der Waals surface area contributed by atoms with Gasteiger partial charge in [0.2, 0.25) is 0 Å². The van der Waals surface area contributed by atoms with Crippen molar-refractivity contribution in [2.24, 2.45) is 0 Å². The topological polar surface area (TPSA) is 62.2 Å². The van der Waals surface area contributed by atoms with Gasteiger partial charge in [-0.05, 0) is 23.8 Å². The molecule has 6 heteroatoms. The summed E-state index contributed by atoms with van der Waals surface area (Å²) in [7, 11) is 0. The SMILES string of the molecule is O=C(O)c1cc(F)cnc1NCc1cccc(Br)c1. The van der Waals surface area contributed by atoms with Gasteiger partial charge < -0.3 is 10.4 Å². The number of benzene rings is 1. The number of pyridine rings is 1. The molecule has 1 aromatic heterocycles. The molecule has 0 fully saturated rings. The molecule has 0 bridgehead atoms. The van der Waals surface area contributed by atoms with Gasteiger partial charge in [-0.15, -0.1) is 0 Å². The summed E-state index contributed by atoms with van der Waals surface area (Å²) in [5.41, 5.74) is 0.770. The van der Waals surface area contributed by atoms with Gasteiger partial charge in [-0.25, -0.2) is 14.2 Å². The van der Waals surface area contributed by atoms with Gasteiger partial charge in [-0.2, -0.15) is 0 Å². The van der Waals surface area contributed by atoms with Crippen LogP contribution in [0, 0.1) is 5.82 Å². The lowest BCUT2D eigenvalue weighted by Gasteiger charge is -2.08. The molecule has 1 aromatic carbocycles. The molecule has 0 spiro atoms. The van der Waals surface area contributed by atoms with E-state index in [0.717, 1.165) is 22.3 Å². The molecule has 0 radical (unpaired) electrons. The maximum absolute atomic E-state index is 13.0. The maximum atomic E-state index is 13.0. The lowest BCUT2D eigenvalue weighted by Crippen LogP contribution is -2.09. The first-order valence-corrected chi connectivity index (χ1v) is 6.22. The number of nitrogens with one attached hydrogen (secondary N) is 1. The predicted octanol–water partition coefficient (Wildman–Crippen LogP) is 3.29. The summed E-state index contributed by atoms with van der Waals surface area (Å²) in [6.07, 6.45) is 0.982. The van der Waals surface area contributed by atoms with Crippen molar-refractivity contribution in [3.05, 3.63) is 57.9 Å². The van der Waals surface area contributed by atoms with Crippen molar-refractivity contribution in [2.75, 3.05) is 5.32 Å². The standard InChI is InChI=1S/C13H10BrFN2O2/c14-9-3-1-2-8(4-9)6-16-12-11(13(18)19)5-10(15)7-17-12/h1-5,7H,6H2,(H,16,17)(H,18,19). The summed E-state index contributed by atoms with van der Waals surface area (Å²) in [6, 6.07) is 8.50. The van der Waals surface area contributed by atoms with Gasteiger partial charge in [0.1, 0.15) is 17.2 Å². The Morgan fingerprint density at radius 3 is 2.89 bits per heavy atom. The normalized spacial score (nSPS) is 10.2. The summed E-state index contributed by atoms with van der Waals surface area (Å²) < 4.78 is 13.9. The van der Waals surface area contributed by atoms with Crippen molar-refractivity contribution in [3.8, 4) is 0 Å². The number of carboxylic acid groups (broad SMARTS) is 1. The first kappa shape index (κ1) is 13.5. The minimum absolute atomic E-state index is 0.147. The molecule has 0 aliphatic heterocycles. The lowest BCUT2D eigenvalue weighted by atomic mass is 10.2. The van der Waals surface area contributed by atoms with Crippen LogP contribution in [0.15, 0.2) is 41.0 Å². The molecule has 0 saturated carbocycles. The highest BCUT2D eigenvalue weighted by atomic mass is 79.9. The van der Waals surface area contributed by atoms with E-state index in [1.165, 1.54) is 0 Å². The second kappa shape index (κ2) is 5.79. The highest BCUT2D eigenvalue weighted by molar-refractivity contribution is 9.10. The minimum atomic E-state index is -1.22. The highest BCUT2D eigenvalue weighted by Crippen LogP contribution is 2.16. The van der Waals surface area contributed by atoms with E-state index in [9.17, 15) is 9.18 Å². The molecule has 0 unspecified atom stereocenters. The fourth-order valence-electron chi connectivity index (χ4n) is 1.58. The van der Waals surface area contributed by atoms with Crippen LogP contribution in [0.1, 0.15) is 15.9 Å². The van der Waals surface area contributed by atoms with Crippen LogP contribution in [0.3, 0.4) is 0 Å². The van der Waals surface area contributed by atoms with Gasteiger partial charge in [0.05, 0.1) is 6.20 Å². The number of anilines is 1. The molecule has 1 heterocycles. The largest absolute Gasteiger partial charge is 0.478 e. The van der Waals surface area contributed by atoms with Crippen molar-refractivity contribution in [1.82, 2.24) is 4.98 Å². The number of carboxylic acids is 1. The Hall–Kier alpha value is -1.95. The fourth-order valence-corrected chi connectivity index (χ4v) is 2.02. The molecule has 2 rings (SSSR count). The van der Waals surface area contributed by atoms with Crippen LogP contribution in [-0.2, 0) is 6.54 Å². The third kappa shape index (κ3) is 3.51. The monoisotopic (exact) mass is 324 g/mol. The Labute approximate surface area is 117 Å². The molecule has 19 heavy (non-hydrogen) atoms. The highest BCUT2D eigenvalue weighted by Gasteiger charge is 2.12. The van der Waals surface area contributed by atoms with Crippen molar-refractivity contribution in [1.29, 1.82) is 0 Å². The molecule has 0 aliphatic carbocycles. The van der Waals surface area contributed by atoms with E-state index in [-0.39, 0.29) is 11.4 Å². The van der Waals surface area contributed by atoms with E-state index in [1.807, 2.05) is 24.3 Å². The molecular weight excluding hydrogens is 315 g/mol. The quantitative estimate of drug-likeness (QED) is 0.905. The average Bonchev–Trinajstić information content (AvgIpc) is 2.37. The Bertz CT molecular complexity index is 619. The Morgan fingerprint density at radius 1 is 1.42 bits per heavy atom. The molecule has 98 valence electrons. The zero-order chi connectivity index (χ0) is 13.8. The third-order valence-electron chi connectivity index (χ3n) is 2.43. The smallest absolute Gasteiger partial charge is 0.339 e. The molecule has 2 N–H and O–H groups in total. The summed E-state index contributed by atoms with van der Waals surface area (Å²) in [5, 5.41) is 11.9. The van der Waals surface area contributed by atoms with Crippen molar-refractivity contribution in [3.63, 3.8) is 0 Å². The zero-order valence-electron chi connectivity index (χ0n) is 9.73. The van der Waals surface area contributed by atoms with Crippen LogP contribution in [0.25, 0.3) is 0 Å². The number of hydrogen-bond donors (Lipinski definition) is 2. The van der Waals surface area contributed by atoms with E-state index < -0.39 is 11.8 Å². The van der Waals surface area contributed by atoms with Crippen LogP contribution < -0.4 is 5.32 Å². The van der Waals surface area contributed by atoms with Crippen molar-refractivity contribution >= 4 is 27.7 Å². The first-order chi connectivity index (χ1) is 9.06. The Morgan fingerprint density at radius 2 is 2.21 bits per heavy atom. The zero-order valence-corrected chi connectivity index (χ0v) is 11.3. The van der Waals surface area contributed by atoms with E-state index in [4.69, 9.17) is 5.11 Å². The van der Waals surface area contributed by atoms with Crippen LogP contribution in [0.5, 0.6) is 0 Å². The van der Waals surface area contributed by atoms with Crippen molar-refractivity contribution in [2.45, 2.75) is 6.54 Å². The fraction of sp³-hybridized carbons (Fsp3) is 0.0769. The molecule has 0 aliphatic rings. The van der Waals surface area contributed by atoms with Gasteiger partial charge >= 0.3 is 5.97 Å². The molecule has 0 amide bonds. The number of aromatic nitrogens is 1. The summed E-state index contributed by atoms with van der Waals surface area (Å²) in [4.78, 5) is 14.7. The first-order valence-electron chi connectivity index (χ1n) is 5.43.